The van der Waals surface area contributed by atoms with Crippen molar-refractivity contribution < 1.29 is 29.0 Å². The first-order chi connectivity index (χ1) is 16.8. The van der Waals surface area contributed by atoms with Crippen molar-refractivity contribution in [2.75, 3.05) is 10.7 Å². The van der Waals surface area contributed by atoms with Crippen LogP contribution in [0.4, 0.5) is 5.69 Å². The monoisotopic (exact) mass is 489 g/mol. The number of hydrogen-bond donors (Lipinski definition) is 2. The zero-order chi connectivity index (χ0) is 24.9. The van der Waals surface area contributed by atoms with Crippen LogP contribution < -0.4 is 10.3 Å². The Morgan fingerprint density at radius 2 is 1.83 bits per heavy atom. The fourth-order valence-corrected chi connectivity index (χ4v) is 5.33. The molecular weight excluding hydrogens is 470 g/mol. The summed E-state index contributed by atoms with van der Waals surface area (Å²) >= 11 is 1.38. The van der Waals surface area contributed by atoms with E-state index in [9.17, 15) is 29.4 Å². The van der Waals surface area contributed by atoms with Crippen LogP contribution in [0.2, 0.25) is 0 Å². The van der Waals surface area contributed by atoms with Crippen LogP contribution in [0.15, 0.2) is 63.8 Å². The predicted octanol–water partition coefficient (Wildman–Crippen LogP) is 4.35. The van der Waals surface area contributed by atoms with Gasteiger partial charge in [0.05, 0.1) is 16.5 Å². The van der Waals surface area contributed by atoms with E-state index in [1.165, 1.54) is 42.1 Å². The summed E-state index contributed by atoms with van der Waals surface area (Å²) in [4.78, 5) is 50.8. The van der Waals surface area contributed by atoms with Crippen molar-refractivity contribution in [2.24, 2.45) is 0 Å². The number of phenolic OH excluding ortho intramolecular Hbond substituents is 1. The number of fused-ring (bicyclic) bond motifs is 2. The Labute approximate surface area is 203 Å². The van der Waals surface area contributed by atoms with E-state index in [2.05, 4.69) is 0 Å². The summed E-state index contributed by atoms with van der Waals surface area (Å²) in [5.74, 6) is -1.13. The van der Waals surface area contributed by atoms with E-state index in [-0.39, 0.29) is 52.0 Å². The van der Waals surface area contributed by atoms with Gasteiger partial charge < -0.3 is 14.6 Å². The maximum atomic E-state index is 12.8. The minimum Gasteiger partial charge on any atom is -0.508 e. The summed E-state index contributed by atoms with van der Waals surface area (Å²) in [6, 6.07) is 13.1. The van der Waals surface area contributed by atoms with Crippen LogP contribution in [0, 0.1) is 0 Å². The molecule has 0 spiro atoms. The Kier molecular flexibility index (Phi) is 5.56. The van der Waals surface area contributed by atoms with Gasteiger partial charge in [-0.25, -0.2) is 9.69 Å². The highest BCUT2D eigenvalue weighted by Crippen LogP contribution is 2.43. The number of benzene rings is 3. The zero-order valence-corrected chi connectivity index (χ0v) is 19.3. The Morgan fingerprint density at radius 1 is 1.06 bits per heavy atom. The van der Waals surface area contributed by atoms with Gasteiger partial charge in [-0.3, -0.25) is 14.4 Å². The molecule has 3 aliphatic rings. The molecule has 0 saturated carbocycles. The summed E-state index contributed by atoms with van der Waals surface area (Å²) in [6.45, 7) is 1.90. The molecule has 2 aromatic rings. The van der Waals surface area contributed by atoms with Crippen molar-refractivity contribution >= 4 is 46.2 Å². The normalized spacial score (nSPS) is 15.9. The van der Waals surface area contributed by atoms with Gasteiger partial charge in [0.1, 0.15) is 17.1 Å². The van der Waals surface area contributed by atoms with Crippen LogP contribution in [0.25, 0.3) is 33.4 Å². The molecule has 1 saturated heterocycles. The summed E-state index contributed by atoms with van der Waals surface area (Å²) in [5, 5.41) is 20.1. The van der Waals surface area contributed by atoms with Gasteiger partial charge in [0, 0.05) is 35.1 Å². The summed E-state index contributed by atoms with van der Waals surface area (Å²) in [6.07, 6.45) is 0.0674. The second kappa shape index (κ2) is 8.59. The number of imide groups is 1. The quantitative estimate of drug-likeness (QED) is 0.313. The average molecular weight is 490 g/mol. The number of hydrogen-bond acceptors (Lipinski definition) is 7. The first kappa shape index (κ1) is 22.7. The lowest BCUT2D eigenvalue weighted by atomic mass is 9.90. The second-order valence-corrected chi connectivity index (χ2v) is 9.55. The summed E-state index contributed by atoms with van der Waals surface area (Å²) in [5.41, 5.74) is 1.36. The number of carbonyl (C=O) groups is 3. The standard InChI is InChI=1S/C26H19NO7S/c1-2-35-22-12-23(30)27(25(22)31)13-3-6-16(19(9-13)26(32)33)24-17-7-4-14(28)10-20(17)34-21-11-15(29)5-8-18(21)24/h3-11,22,28H,2,12H2,1H3,(H,32,33). The van der Waals surface area contributed by atoms with E-state index in [0.29, 0.717) is 27.8 Å². The molecule has 35 heavy (non-hydrogen) atoms. The highest BCUT2D eigenvalue weighted by molar-refractivity contribution is 8.00. The van der Waals surface area contributed by atoms with Crippen LogP contribution in [0.5, 0.6) is 5.75 Å². The average Bonchev–Trinajstić information content (AvgIpc) is 3.10. The number of aromatic carboxylic acids is 1. The maximum Gasteiger partial charge on any atom is 0.336 e. The third-order valence-electron chi connectivity index (χ3n) is 5.91. The van der Waals surface area contributed by atoms with Gasteiger partial charge in [0.25, 0.3) is 0 Å². The summed E-state index contributed by atoms with van der Waals surface area (Å²) in [7, 11) is 0. The molecule has 8 nitrogen and oxygen atoms in total. The largest absolute Gasteiger partial charge is 0.508 e. The maximum absolute atomic E-state index is 12.8. The minimum atomic E-state index is -1.25. The van der Waals surface area contributed by atoms with Gasteiger partial charge in [-0.1, -0.05) is 13.0 Å². The summed E-state index contributed by atoms with van der Waals surface area (Å²) < 4.78 is 5.83. The molecule has 1 unspecified atom stereocenters. The number of phenols is 1. The molecule has 0 aromatic heterocycles. The molecule has 0 bridgehead atoms. The number of amides is 2. The molecule has 176 valence electrons. The number of nitrogens with zero attached hydrogens (tertiary/aromatic N) is 1. The molecule has 9 heteroatoms. The molecule has 2 aliphatic heterocycles. The topological polar surface area (TPSA) is 125 Å². The Hall–Kier alpha value is -4.11. The van der Waals surface area contributed by atoms with Crippen molar-refractivity contribution in [1.82, 2.24) is 0 Å². The smallest absolute Gasteiger partial charge is 0.336 e. The van der Waals surface area contributed by atoms with Crippen LogP contribution in [-0.4, -0.2) is 39.0 Å². The Bertz CT molecular complexity index is 1560. The van der Waals surface area contributed by atoms with Gasteiger partial charge in [-0.05, 0) is 47.7 Å². The molecule has 2 aromatic carbocycles. The van der Waals surface area contributed by atoms with Gasteiger partial charge in [0.2, 0.25) is 11.8 Å². The van der Waals surface area contributed by atoms with Crippen LogP contribution >= 0.6 is 11.8 Å². The first-order valence-corrected chi connectivity index (χ1v) is 11.9. The SMILES string of the molecule is CCSC1CC(=O)N(c2ccc(-c3c4ccc(=O)cc-4oc4cc(O)ccc34)c(C(=O)O)c2)C1=O. The fraction of sp³-hybridized carbons (Fsp3) is 0.154. The molecule has 1 fully saturated rings. The fourth-order valence-electron chi connectivity index (χ4n) is 4.42. The third-order valence-corrected chi connectivity index (χ3v) is 7.02. The Balaban J connectivity index is 1.74. The molecule has 2 heterocycles. The van der Waals surface area contributed by atoms with Crippen molar-refractivity contribution in [3.63, 3.8) is 0 Å². The molecule has 2 N–H and O–H groups in total. The van der Waals surface area contributed by atoms with E-state index in [0.717, 1.165) is 4.90 Å². The molecular formula is C26H19NO7S. The highest BCUT2D eigenvalue weighted by atomic mass is 32.2. The number of thioether (sulfide) groups is 1. The lowest BCUT2D eigenvalue weighted by molar-refractivity contribution is -0.121. The van der Waals surface area contributed by atoms with Crippen LogP contribution in [-0.2, 0) is 9.59 Å². The van der Waals surface area contributed by atoms with E-state index in [1.807, 2.05) is 6.92 Å². The number of aromatic hydroxyl groups is 1. The number of carboxylic acid groups (broad SMARTS) is 1. The van der Waals surface area contributed by atoms with Crippen molar-refractivity contribution in [3.8, 4) is 28.2 Å². The predicted molar refractivity (Wildman–Crippen MR) is 132 cm³/mol. The van der Waals surface area contributed by atoms with Gasteiger partial charge in [0.15, 0.2) is 5.43 Å². The van der Waals surface area contributed by atoms with E-state index >= 15 is 0 Å². The van der Waals surface area contributed by atoms with Crippen molar-refractivity contribution in [3.05, 3.63) is 70.4 Å². The number of rotatable bonds is 5. The van der Waals surface area contributed by atoms with Gasteiger partial charge in [-0.2, -0.15) is 0 Å². The number of anilines is 1. The lowest BCUT2D eigenvalue weighted by Crippen LogP contribution is -2.31. The van der Waals surface area contributed by atoms with E-state index < -0.39 is 11.2 Å². The number of carboxylic acids is 1. The molecule has 1 atom stereocenters. The molecule has 1 aliphatic carbocycles. The molecule has 0 radical (unpaired) electrons. The lowest BCUT2D eigenvalue weighted by Gasteiger charge is -2.19. The van der Waals surface area contributed by atoms with Gasteiger partial charge in [-0.15, -0.1) is 11.8 Å². The van der Waals surface area contributed by atoms with E-state index in [4.69, 9.17) is 4.42 Å². The Morgan fingerprint density at radius 3 is 2.57 bits per heavy atom. The first-order valence-electron chi connectivity index (χ1n) is 10.8. The van der Waals surface area contributed by atoms with Crippen molar-refractivity contribution in [1.29, 1.82) is 0 Å². The molecule has 2 amide bonds. The zero-order valence-electron chi connectivity index (χ0n) is 18.5. The number of carbonyl (C=O) groups excluding carboxylic acids is 2. The molecule has 5 rings (SSSR count). The second-order valence-electron chi connectivity index (χ2n) is 8.07. The minimum absolute atomic E-state index is 0.0517. The van der Waals surface area contributed by atoms with Crippen LogP contribution in [0.3, 0.4) is 0 Å². The highest BCUT2D eigenvalue weighted by Gasteiger charge is 2.40. The third kappa shape index (κ3) is 3.83. The van der Waals surface area contributed by atoms with Crippen molar-refractivity contribution in [2.45, 2.75) is 18.6 Å². The van der Waals surface area contributed by atoms with Crippen LogP contribution in [0.1, 0.15) is 23.7 Å². The van der Waals surface area contributed by atoms with Gasteiger partial charge >= 0.3 is 5.97 Å². The van der Waals surface area contributed by atoms with E-state index in [1.54, 1.807) is 24.3 Å².